The third-order valence-electron chi connectivity index (χ3n) is 7.88. The van der Waals surface area contributed by atoms with Crippen LogP contribution in [-0.4, -0.2) is 92.0 Å². The Kier molecular flexibility index (Phi) is 10.5. The number of hydrogen-bond acceptors (Lipinski definition) is 8. The number of pyridine rings is 1. The van der Waals surface area contributed by atoms with Gasteiger partial charge >= 0.3 is 12.2 Å². The molecule has 0 aromatic carbocycles. The number of piperazine rings is 1. The number of carbonyl (C=O) groups excluding carboxylic acids is 2. The zero-order valence-electron chi connectivity index (χ0n) is 26.8. The molecule has 1 atom stereocenters. The highest BCUT2D eigenvalue weighted by atomic mass is 19.4. The van der Waals surface area contributed by atoms with Crippen LogP contribution in [0.1, 0.15) is 33.1 Å². The number of rotatable bonds is 9. The second-order valence-electron chi connectivity index (χ2n) is 11.6. The van der Waals surface area contributed by atoms with Crippen molar-refractivity contribution in [1.82, 2.24) is 25.4 Å². The van der Waals surface area contributed by atoms with E-state index in [4.69, 9.17) is 4.74 Å². The lowest BCUT2D eigenvalue weighted by Crippen LogP contribution is -2.51. The lowest BCUT2D eigenvalue weighted by Gasteiger charge is -2.36. The molecule has 0 bridgehead atoms. The lowest BCUT2D eigenvalue weighted by atomic mass is 9.90. The van der Waals surface area contributed by atoms with Gasteiger partial charge < -0.3 is 35.4 Å². The number of aliphatic imine (C=N–C) groups is 1. The van der Waals surface area contributed by atoms with Crippen molar-refractivity contribution in [1.29, 1.82) is 0 Å². The van der Waals surface area contributed by atoms with Gasteiger partial charge in [-0.25, -0.2) is 9.79 Å². The normalized spacial score (nSPS) is 20.2. The van der Waals surface area contributed by atoms with E-state index in [0.29, 0.717) is 55.4 Å². The van der Waals surface area contributed by atoms with E-state index in [9.17, 15) is 22.8 Å². The number of alkyl halides is 3. The highest BCUT2D eigenvalue weighted by molar-refractivity contribution is 5.88. The minimum atomic E-state index is -4.67. The quantitative estimate of drug-likeness (QED) is 0.335. The first-order valence-corrected chi connectivity index (χ1v) is 15.0. The summed E-state index contributed by atoms with van der Waals surface area (Å²) >= 11 is 0. The summed E-state index contributed by atoms with van der Waals surface area (Å²) in [6.07, 6.45) is 3.10. The highest BCUT2D eigenvalue weighted by Gasteiger charge is 2.37. The SMILES string of the molecule is C=CC(=O)NC1(C)C=CC=C(NC2=C(C(F)(F)F)C=NC(Nc3ccc(N4CCN(C(=O)N(C)C)CC4)nc3OC)=C(CC)C2)C1. The van der Waals surface area contributed by atoms with Crippen molar-refractivity contribution in [2.24, 2.45) is 4.99 Å². The standard InChI is InChI=1S/C32H41F3N8O3/c1-7-21-18-25(37-22-10-9-13-31(3,19-22)40-27(44)8-2)23(32(33,34)35)20-36-28(21)38-24-11-12-26(39-29(24)46-6)42-14-16-43(17-15-42)30(45)41(4)5/h8-13,20,37-38H,2,7,14-19H2,1,3-6H3,(H,40,44). The Hall–Kier alpha value is -4.75. The Morgan fingerprint density at radius 2 is 1.89 bits per heavy atom. The monoisotopic (exact) mass is 642 g/mol. The van der Waals surface area contributed by atoms with Crippen molar-refractivity contribution >= 4 is 29.7 Å². The molecule has 0 saturated carbocycles. The van der Waals surface area contributed by atoms with E-state index in [1.165, 1.54) is 7.11 Å². The summed E-state index contributed by atoms with van der Waals surface area (Å²) in [6, 6.07) is 3.52. The average Bonchev–Trinajstić information content (AvgIpc) is 3.19. The van der Waals surface area contributed by atoms with Gasteiger partial charge in [0.25, 0.3) is 0 Å². The molecule has 1 aliphatic carbocycles. The van der Waals surface area contributed by atoms with E-state index in [-0.39, 0.29) is 42.2 Å². The molecule has 1 aromatic heterocycles. The van der Waals surface area contributed by atoms with Crippen LogP contribution in [-0.2, 0) is 4.79 Å². The molecular formula is C32H41F3N8O3. The number of ether oxygens (including phenoxy) is 1. The van der Waals surface area contributed by atoms with Crippen molar-refractivity contribution in [3.8, 4) is 5.88 Å². The van der Waals surface area contributed by atoms with Gasteiger partial charge in [-0.1, -0.05) is 25.7 Å². The van der Waals surface area contributed by atoms with Crippen LogP contribution in [0.3, 0.4) is 0 Å². The molecule has 0 spiro atoms. The van der Waals surface area contributed by atoms with E-state index in [1.807, 2.05) is 11.8 Å². The minimum absolute atomic E-state index is 0.0435. The maximum Gasteiger partial charge on any atom is 0.419 e. The van der Waals surface area contributed by atoms with E-state index < -0.39 is 17.3 Å². The predicted octanol–water partition coefficient (Wildman–Crippen LogP) is 4.71. The van der Waals surface area contributed by atoms with Gasteiger partial charge in [0.05, 0.1) is 18.2 Å². The van der Waals surface area contributed by atoms with Gasteiger partial charge in [0.2, 0.25) is 11.8 Å². The number of anilines is 2. The summed E-state index contributed by atoms with van der Waals surface area (Å²) in [6.45, 7) is 9.37. The molecule has 2 aliphatic heterocycles. The summed E-state index contributed by atoms with van der Waals surface area (Å²) in [5, 5.41) is 8.98. The zero-order chi connectivity index (χ0) is 33.6. The number of nitrogens with zero attached hydrogens (tertiary/aromatic N) is 5. The van der Waals surface area contributed by atoms with Gasteiger partial charge in [-0.15, -0.1) is 0 Å². The van der Waals surface area contributed by atoms with Crippen molar-refractivity contribution in [3.63, 3.8) is 0 Å². The number of methoxy groups -OCH3 is 1. The molecule has 14 heteroatoms. The van der Waals surface area contributed by atoms with Gasteiger partial charge in [0.15, 0.2) is 0 Å². The first kappa shape index (κ1) is 34.1. The smallest absolute Gasteiger partial charge is 0.419 e. The number of aromatic nitrogens is 1. The molecule has 1 saturated heterocycles. The summed E-state index contributed by atoms with van der Waals surface area (Å²) in [5.74, 6) is 0.806. The molecule has 4 rings (SSSR count). The number of allylic oxidation sites excluding steroid dienone is 4. The molecule has 3 heterocycles. The van der Waals surface area contributed by atoms with Crippen LogP contribution in [0.5, 0.6) is 5.88 Å². The zero-order valence-corrected chi connectivity index (χ0v) is 26.8. The van der Waals surface area contributed by atoms with Crippen molar-refractivity contribution in [2.45, 2.75) is 44.8 Å². The number of carbonyl (C=O) groups is 2. The van der Waals surface area contributed by atoms with Crippen LogP contribution in [0.25, 0.3) is 0 Å². The Balaban J connectivity index is 1.55. The molecule has 0 radical (unpaired) electrons. The van der Waals surface area contributed by atoms with Crippen molar-refractivity contribution in [3.05, 3.63) is 71.4 Å². The van der Waals surface area contributed by atoms with Crippen LogP contribution in [0.15, 0.2) is 76.4 Å². The first-order valence-electron chi connectivity index (χ1n) is 15.0. The maximum absolute atomic E-state index is 14.3. The van der Waals surface area contributed by atoms with Crippen LogP contribution in [0.2, 0.25) is 0 Å². The predicted molar refractivity (Wildman–Crippen MR) is 173 cm³/mol. The second kappa shape index (κ2) is 14.1. The molecular weight excluding hydrogens is 601 g/mol. The van der Waals surface area contributed by atoms with E-state index >= 15 is 0 Å². The third kappa shape index (κ3) is 8.09. The number of halogens is 3. The Morgan fingerprint density at radius 1 is 1.17 bits per heavy atom. The van der Waals surface area contributed by atoms with Crippen LogP contribution in [0.4, 0.5) is 29.5 Å². The Morgan fingerprint density at radius 3 is 2.50 bits per heavy atom. The maximum atomic E-state index is 14.3. The average molecular weight is 643 g/mol. The van der Waals surface area contributed by atoms with Crippen molar-refractivity contribution < 1.29 is 27.5 Å². The van der Waals surface area contributed by atoms with Crippen LogP contribution >= 0.6 is 0 Å². The van der Waals surface area contributed by atoms with E-state index in [0.717, 1.165) is 12.3 Å². The highest BCUT2D eigenvalue weighted by Crippen LogP contribution is 2.35. The fourth-order valence-corrected chi connectivity index (χ4v) is 5.44. The molecule has 3 amide bonds. The van der Waals surface area contributed by atoms with Gasteiger partial charge in [-0.2, -0.15) is 18.2 Å². The molecule has 1 aromatic rings. The van der Waals surface area contributed by atoms with Gasteiger partial charge in [-0.05, 0) is 43.2 Å². The summed E-state index contributed by atoms with van der Waals surface area (Å²) in [5.41, 5.74) is -0.140. The minimum Gasteiger partial charge on any atom is -0.479 e. The lowest BCUT2D eigenvalue weighted by molar-refractivity contribution is -0.117. The van der Waals surface area contributed by atoms with Gasteiger partial charge in [0.1, 0.15) is 17.3 Å². The first-order chi connectivity index (χ1) is 21.8. The number of amides is 3. The molecule has 3 aliphatic rings. The number of urea groups is 1. The molecule has 1 fully saturated rings. The fraction of sp³-hybridized carbons (Fsp3) is 0.438. The molecule has 3 N–H and O–H groups in total. The number of nitrogens with one attached hydrogen (secondary N) is 3. The van der Waals surface area contributed by atoms with Crippen LogP contribution < -0.4 is 25.6 Å². The molecule has 11 nitrogen and oxygen atoms in total. The van der Waals surface area contributed by atoms with Crippen LogP contribution in [0, 0.1) is 0 Å². The Labute approximate surface area is 267 Å². The number of hydrogen-bond donors (Lipinski definition) is 3. The van der Waals surface area contributed by atoms with Gasteiger partial charge in [0, 0.05) is 70.7 Å². The third-order valence-corrected chi connectivity index (χ3v) is 7.88. The van der Waals surface area contributed by atoms with Gasteiger partial charge in [-0.3, -0.25) is 4.79 Å². The summed E-state index contributed by atoms with van der Waals surface area (Å²) < 4.78 is 48.6. The van der Waals surface area contributed by atoms with E-state index in [1.54, 1.807) is 61.2 Å². The Bertz CT molecular complexity index is 1500. The molecule has 248 valence electrons. The summed E-state index contributed by atoms with van der Waals surface area (Å²) in [4.78, 5) is 38.5. The second-order valence-corrected chi connectivity index (χ2v) is 11.6. The topological polar surface area (TPSA) is 114 Å². The van der Waals surface area contributed by atoms with Crippen molar-refractivity contribution in [2.75, 3.05) is 57.6 Å². The van der Waals surface area contributed by atoms with E-state index in [2.05, 4.69) is 32.5 Å². The summed E-state index contributed by atoms with van der Waals surface area (Å²) in [7, 11) is 4.91. The molecule has 46 heavy (non-hydrogen) atoms. The molecule has 1 unspecified atom stereocenters. The fourth-order valence-electron chi connectivity index (χ4n) is 5.44. The largest absolute Gasteiger partial charge is 0.479 e.